The third-order valence-corrected chi connectivity index (χ3v) is 5.30. The molecule has 0 saturated heterocycles. The highest BCUT2D eigenvalue weighted by Gasteiger charge is 2.17. The van der Waals surface area contributed by atoms with Crippen molar-refractivity contribution in [1.82, 2.24) is 0 Å². The Balaban J connectivity index is 2.56. The Morgan fingerprint density at radius 3 is 2.71 bits per heavy atom. The lowest BCUT2D eigenvalue weighted by Crippen LogP contribution is -2.21. The minimum Gasteiger partial charge on any atom is -0.397 e. The highest BCUT2D eigenvalue weighted by atomic mass is 35.5. The lowest BCUT2D eigenvalue weighted by Gasteiger charge is -2.11. The van der Waals surface area contributed by atoms with Crippen molar-refractivity contribution in [2.24, 2.45) is 5.92 Å². The second-order valence-corrected chi connectivity index (χ2v) is 7.82. The molecule has 0 aliphatic carbocycles. The summed E-state index contributed by atoms with van der Waals surface area (Å²) in [5, 5.41) is 3.03. The van der Waals surface area contributed by atoms with E-state index in [0.29, 0.717) is 16.4 Å². The largest absolute Gasteiger partial charge is 0.397 e. The quantitative estimate of drug-likeness (QED) is 0.751. The molecule has 1 atom stereocenters. The fourth-order valence-electron chi connectivity index (χ4n) is 1.73. The SMILES string of the molecule is CCC(C)CS(=O)(=O)CCC(=O)Nc1cc(Cl)ccc1N. The molecule has 0 saturated carbocycles. The average molecular weight is 333 g/mol. The topological polar surface area (TPSA) is 89.3 Å². The van der Waals surface area contributed by atoms with Crippen molar-refractivity contribution >= 4 is 38.7 Å². The van der Waals surface area contributed by atoms with E-state index in [1.54, 1.807) is 12.1 Å². The van der Waals surface area contributed by atoms with Crippen molar-refractivity contribution in [3.63, 3.8) is 0 Å². The van der Waals surface area contributed by atoms with Crippen molar-refractivity contribution < 1.29 is 13.2 Å². The maximum atomic E-state index is 11.9. The summed E-state index contributed by atoms with van der Waals surface area (Å²) in [5.41, 5.74) is 6.49. The first-order valence-corrected chi connectivity index (χ1v) is 8.98. The second kappa shape index (κ2) is 7.66. The van der Waals surface area contributed by atoms with Crippen LogP contribution in [0.4, 0.5) is 11.4 Å². The van der Waals surface area contributed by atoms with E-state index in [-0.39, 0.29) is 23.8 Å². The van der Waals surface area contributed by atoms with E-state index >= 15 is 0 Å². The van der Waals surface area contributed by atoms with Crippen LogP contribution in [0.3, 0.4) is 0 Å². The first-order valence-electron chi connectivity index (χ1n) is 6.79. The third kappa shape index (κ3) is 6.35. The van der Waals surface area contributed by atoms with Gasteiger partial charge in [0.25, 0.3) is 0 Å². The third-order valence-electron chi connectivity index (χ3n) is 3.16. The fraction of sp³-hybridized carbons (Fsp3) is 0.500. The monoisotopic (exact) mass is 332 g/mol. The van der Waals surface area contributed by atoms with Crippen LogP contribution in [0.5, 0.6) is 0 Å². The second-order valence-electron chi connectivity index (χ2n) is 5.16. The Labute approximate surface area is 130 Å². The van der Waals surface area contributed by atoms with Gasteiger partial charge in [0, 0.05) is 11.4 Å². The molecule has 118 valence electrons. The Bertz CT molecular complexity index is 602. The molecule has 1 rings (SSSR count). The molecule has 0 aliphatic rings. The van der Waals surface area contributed by atoms with E-state index in [9.17, 15) is 13.2 Å². The van der Waals surface area contributed by atoms with E-state index < -0.39 is 15.7 Å². The predicted octanol–water partition coefficient (Wildman–Crippen LogP) is 2.71. The highest BCUT2D eigenvalue weighted by Crippen LogP contribution is 2.23. The lowest BCUT2D eigenvalue weighted by atomic mass is 10.2. The summed E-state index contributed by atoms with van der Waals surface area (Å²) in [6.45, 7) is 3.82. The molecule has 7 heteroatoms. The summed E-state index contributed by atoms with van der Waals surface area (Å²) in [7, 11) is -3.22. The van der Waals surface area contributed by atoms with Gasteiger partial charge in [-0.05, 0) is 24.1 Å². The first-order chi connectivity index (χ1) is 9.73. The van der Waals surface area contributed by atoms with Gasteiger partial charge in [0.15, 0.2) is 9.84 Å². The molecule has 0 bridgehead atoms. The van der Waals surface area contributed by atoms with Gasteiger partial charge in [-0.3, -0.25) is 4.79 Å². The molecule has 0 aromatic heterocycles. The zero-order valence-electron chi connectivity index (χ0n) is 12.2. The summed E-state index contributed by atoms with van der Waals surface area (Å²) < 4.78 is 23.7. The molecule has 5 nitrogen and oxygen atoms in total. The number of anilines is 2. The van der Waals surface area contributed by atoms with Crippen LogP contribution in [0.25, 0.3) is 0 Å². The number of sulfone groups is 1. The molecule has 1 unspecified atom stereocenters. The van der Waals surface area contributed by atoms with Crippen molar-refractivity contribution in [1.29, 1.82) is 0 Å². The molecule has 0 spiro atoms. The number of hydrogen-bond acceptors (Lipinski definition) is 4. The van der Waals surface area contributed by atoms with E-state index in [1.165, 1.54) is 6.07 Å². The summed E-state index contributed by atoms with van der Waals surface area (Å²) in [6, 6.07) is 4.73. The number of nitrogens with one attached hydrogen (secondary N) is 1. The summed E-state index contributed by atoms with van der Waals surface area (Å²) in [6.07, 6.45) is 0.704. The maximum absolute atomic E-state index is 11.9. The summed E-state index contributed by atoms with van der Waals surface area (Å²) in [4.78, 5) is 11.8. The Kier molecular flexibility index (Phi) is 6.48. The average Bonchev–Trinajstić information content (AvgIpc) is 2.40. The molecule has 0 radical (unpaired) electrons. The van der Waals surface area contributed by atoms with Gasteiger partial charge in [0.05, 0.1) is 22.9 Å². The van der Waals surface area contributed by atoms with Crippen molar-refractivity contribution in [2.45, 2.75) is 26.7 Å². The number of carbonyl (C=O) groups excluding carboxylic acids is 1. The summed E-state index contributed by atoms with van der Waals surface area (Å²) in [5.74, 6) is -0.349. The minimum absolute atomic E-state index is 0.0925. The van der Waals surface area contributed by atoms with E-state index in [1.807, 2.05) is 13.8 Å². The van der Waals surface area contributed by atoms with Crippen LogP contribution in [0.15, 0.2) is 18.2 Å². The zero-order chi connectivity index (χ0) is 16.0. The first kappa shape index (κ1) is 17.8. The number of hydrogen-bond donors (Lipinski definition) is 2. The molecule has 0 heterocycles. The van der Waals surface area contributed by atoms with Crippen molar-refractivity contribution in [3.05, 3.63) is 23.2 Å². The van der Waals surface area contributed by atoms with Crippen LogP contribution < -0.4 is 11.1 Å². The van der Waals surface area contributed by atoms with Gasteiger partial charge >= 0.3 is 0 Å². The minimum atomic E-state index is -3.22. The number of carbonyl (C=O) groups is 1. The zero-order valence-corrected chi connectivity index (χ0v) is 13.8. The van der Waals surface area contributed by atoms with Gasteiger partial charge in [0.2, 0.25) is 5.91 Å². The predicted molar refractivity (Wildman–Crippen MR) is 87.2 cm³/mol. The molecular weight excluding hydrogens is 312 g/mol. The molecule has 1 amide bonds. The number of amides is 1. The summed E-state index contributed by atoms with van der Waals surface area (Å²) >= 11 is 5.82. The standard InChI is InChI=1S/C14H21ClN2O3S/c1-3-10(2)9-21(19,20)7-6-14(18)17-13-8-11(15)4-5-12(13)16/h4-5,8,10H,3,6-7,9,16H2,1-2H3,(H,17,18). The van der Waals surface area contributed by atoms with Crippen LogP contribution >= 0.6 is 11.6 Å². The molecule has 0 fully saturated rings. The van der Waals surface area contributed by atoms with Crippen LogP contribution in [0.2, 0.25) is 5.02 Å². The number of rotatable bonds is 7. The lowest BCUT2D eigenvalue weighted by molar-refractivity contribution is -0.115. The fourth-order valence-corrected chi connectivity index (χ4v) is 3.67. The van der Waals surface area contributed by atoms with Crippen LogP contribution in [0, 0.1) is 5.92 Å². The van der Waals surface area contributed by atoms with Crippen LogP contribution in [-0.2, 0) is 14.6 Å². The molecule has 1 aromatic rings. The van der Waals surface area contributed by atoms with Gasteiger partial charge in [-0.25, -0.2) is 8.42 Å². The van der Waals surface area contributed by atoms with Crippen molar-refractivity contribution in [2.75, 3.05) is 22.6 Å². The van der Waals surface area contributed by atoms with Gasteiger partial charge in [-0.15, -0.1) is 0 Å². The number of nitrogen functional groups attached to an aromatic ring is 1. The Morgan fingerprint density at radius 2 is 2.10 bits per heavy atom. The van der Waals surface area contributed by atoms with E-state index in [4.69, 9.17) is 17.3 Å². The Hall–Kier alpha value is -1.27. The van der Waals surface area contributed by atoms with Crippen LogP contribution in [0.1, 0.15) is 26.7 Å². The number of benzene rings is 1. The highest BCUT2D eigenvalue weighted by molar-refractivity contribution is 7.91. The number of nitrogens with two attached hydrogens (primary N) is 1. The van der Waals surface area contributed by atoms with Gasteiger partial charge in [-0.2, -0.15) is 0 Å². The van der Waals surface area contributed by atoms with E-state index in [2.05, 4.69) is 5.32 Å². The van der Waals surface area contributed by atoms with Crippen molar-refractivity contribution in [3.8, 4) is 0 Å². The van der Waals surface area contributed by atoms with Gasteiger partial charge < -0.3 is 11.1 Å². The van der Waals surface area contributed by atoms with Gasteiger partial charge in [0.1, 0.15) is 0 Å². The molecule has 3 N–H and O–H groups in total. The smallest absolute Gasteiger partial charge is 0.225 e. The Morgan fingerprint density at radius 1 is 1.43 bits per heavy atom. The molecular formula is C14H21ClN2O3S. The molecule has 1 aromatic carbocycles. The van der Waals surface area contributed by atoms with E-state index in [0.717, 1.165) is 6.42 Å². The van der Waals surface area contributed by atoms with Gasteiger partial charge in [-0.1, -0.05) is 31.9 Å². The maximum Gasteiger partial charge on any atom is 0.225 e. The normalized spacial score (nSPS) is 12.9. The molecule has 0 aliphatic heterocycles. The number of halogens is 1. The van der Waals surface area contributed by atoms with Crippen LogP contribution in [-0.4, -0.2) is 25.8 Å². The molecule has 21 heavy (non-hydrogen) atoms.